The van der Waals surface area contributed by atoms with Crippen LogP contribution in [0, 0.1) is 17.2 Å². The summed E-state index contributed by atoms with van der Waals surface area (Å²) < 4.78 is 0. The van der Waals surface area contributed by atoms with Crippen molar-refractivity contribution in [2.24, 2.45) is 5.92 Å². The van der Waals surface area contributed by atoms with Gasteiger partial charge in [-0.1, -0.05) is 0 Å². The Morgan fingerprint density at radius 2 is 1.95 bits per heavy atom. The van der Waals surface area contributed by atoms with Crippen LogP contribution in [-0.4, -0.2) is 48.4 Å². The molecule has 4 heteroatoms. The Morgan fingerprint density at radius 3 is 2.50 bits per heavy atom. The Morgan fingerprint density at radius 1 is 1.32 bits per heavy atom. The maximum absolute atomic E-state index is 12.7. The molecular weight excluding hydrogens is 274 g/mol. The summed E-state index contributed by atoms with van der Waals surface area (Å²) in [4.78, 5) is 17.1. The molecule has 0 N–H and O–H groups in total. The number of likely N-dealkylation sites (tertiary alicyclic amines) is 1. The van der Waals surface area contributed by atoms with Crippen LogP contribution in [0.4, 0.5) is 0 Å². The van der Waals surface area contributed by atoms with Gasteiger partial charge in [-0.3, -0.25) is 4.79 Å². The molecule has 1 unspecified atom stereocenters. The number of nitrogens with zero attached hydrogens (tertiary/aromatic N) is 3. The summed E-state index contributed by atoms with van der Waals surface area (Å²) in [6.07, 6.45) is 5.04. The lowest BCUT2D eigenvalue weighted by molar-refractivity contribution is 0.0673. The highest BCUT2D eigenvalue weighted by Gasteiger charge is 2.37. The molecule has 1 aromatic carbocycles. The molecule has 1 saturated carbocycles. The second-order valence-electron chi connectivity index (χ2n) is 6.52. The number of likely N-dealkylation sites (N-methyl/N-ethyl adjacent to an activating group) is 1. The largest absolute Gasteiger partial charge is 0.337 e. The van der Waals surface area contributed by atoms with E-state index in [9.17, 15) is 4.79 Å². The summed E-state index contributed by atoms with van der Waals surface area (Å²) in [7, 11) is 1.93. The van der Waals surface area contributed by atoms with Crippen molar-refractivity contribution in [2.75, 3.05) is 26.7 Å². The van der Waals surface area contributed by atoms with Crippen molar-refractivity contribution in [2.45, 2.75) is 31.7 Å². The van der Waals surface area contributed by atoms with Gasteiger partial charge in [-0.25, -0.2) is 0 Å². The predicted molar refractivity (Wildman–Crippen MR) is 85.4 cm³/mol. The number of rotatable bonds is 5. The van der Waals surface area contributed by atoms with Gasteiger partial charge < -0.3 is 9.80 Å². The zero-order chi connectivity index (χ0) is 15.5. The Labute approximate surface area is 132 Å². The van der Waals surface area contributed by atoms with E-state index in [-0.39, 0.29) is 5.91 Å². The molecular formula is C18H23N3O. The minimum atomic E-state index is 0.0700. The van der Waals surface area contributed by atoms with E-state index in [1.165, 1.54) is 38.8 Å². The van der Waals surface area contributed by atoms with Gasteiger partial charge in [-0.05, 0) is 69.0 Å². The summed E-state index contributed by atoms with van der Waals surface area (Å²) in [5, 5.41) is 8.85. The number of carbonyl (C=O) groups excluding carboxylic acids is 1. The monoisotopic (exact) mass is 297 g/mol. The van der Waals surface area contributed by atoms with Crippen molar-refractivity contribution in [3.05, 3.63) is 35.4 Å². The SMILES string of the molecule is CN(C(=O)c1ccc(C#N)cc1)C(CN1CCCC1)C1CC1. The minimum Gasteiger partial charge on any atom is -0.337 e. The molecule has 1 aromatic rings. The minimum absolute atomic E-state index is 0.0700. The Kier molecular flexibility index (Phi) is 4.44. The Hall–Kier alpha value is -1.86. The highest BCUT2D eigenvalue weighted by molar-refractivity contribution is 5.94. The van der Waals surface area contributed by atoms with Gasteiger partial charge in [0.05, 0.1) is 11.6 Å². The van der Waals surface area contributed by atoms with Crippen LogP contribution in [0.15, 0.2) is 24.3 Å². The summed E-state index contributed by atoms with van der Waals surface area (Å²) in [5.74, 6) is 0.730. The van der Waals surface area contributed by atoms with E-state index in [2.05, 4.69) is 11.0 Å². The maximum atomic E-state index is 12.7. The zero-order valence-electron chi connectivity index (χ0n) is 13.2. The van der Waals surface area contributed by atoms with Crippen molar-refractivity contribution in [3.8, 4) is 6.07 Å². The van der Waals surface area contributed by atoms with Crippen LogP contribution < -0.4 is 0 Å². The Bertz CT molecular complexity index is 565. The van der Waals surface area contributed by atoms with Crippen LogP contribution in [0.25, 0.3) is 0 Å². The number of hydrogen-bond donors (Lipinski definition) is 0. The molecule has 1 aliphatic heterocycles. The highest BCUT2D eigenvalue weighted by atomic mass is 16.2. The van der Waals surface area contributed by atoms with Crippen LogP contribution >= 0.6 is 0 Å². The van der Waals surface area contributed by atoms with Crippen LogP contribution in [0.3, 0.4) is 0 Å². The zero-order valence-corrected chi connectivity index (χ0v) is 13.2. The molecule has 1 amide bonds. The lowest BCUT2D eigenvalue weighted by atomic mass is 10.1. The van der Waals surface area contributed by atoms with Crippen LogP contribution in [0.1, 0.15) is 41.6 Å². The fourth-order valence-corrected chi connectivity index (χ4v) is 3.34. The van der Waals surface area contributed by atoms with E-state index in [1.54, 1.807) is 24.3 Å². The molecule has 1 heterocycles. The standard InChI is InChI=1S/C18H23N3O/c1-20(18(22)16-6-4-14(12-19)5-7-16)17(15-8-9-15)13-21-10-2-3-11-21/h4-7,15,17H,2-3,8-11,13H2,1H3. The molecule has 22 heavy (non-hydrogen) atoms. The van der Waals surface area contributed by atoms with Crippen molar-refractivity contribution < 1.29 is 4.79 Å². The maximum Gasteiger partial charge on any atom is 0.253 e. The van der Waals surface area contributed by atoms with E-state index in [0.717, 1.165) is 6.54 Å². The van der Waals surface area contributed by atoms with Crippen molar-refractivity contribution >= 4 is 5.91 Å². The van der Waals surface area contributed by atoms with Crippen molar-refractivity contribution in [1.29, 1.82) is 5.26 Å². The van der Waals surface area contributed by atoms with Gasteiger partial charge in [0.15, 0.2) is 0 Å². The Balaban J connectivity index is 1.69. The van der Waals surface area contributed by atoms with Gasteiger partial charge in [-0.15, -0.1) is 0 Å². The smallest absolute Gasteiger partial charge is 0.253 e. The lowest BCUT2D eigenvalue weighted by Crippen LogP contribution is -2.45. The number of nitriles is 1. The molecule has 0 radical (unpaired) electrons. The van der Waals surface area contributed by atoms with E-state index < -0.39 is 0 Å². The first-order valence-corrected chi connectivity index (χ1v) is 8.18. The van der Waals surface area contributed by atoms with E-state index in [1.807, 2.05) is 11.9 Å². The third kappa shape index (κ3) is 3.31. The van der Waals surface area contributed by atoms with E-state index in [0.29, 0.717) is 23.1 Å². The first-order chi connectivity index (χ1) is 10.7. The van der Waals surface area contributed by atoms with Gasteiger partial charge in [0, 0.05) is 25.2 Å². The first kappa shape index (κ1) is 15.1. The van der Waals surface area contributed by atoms with Gasteiger partial charge in [0.25, 0.3) is 5.91 Å². The van der Waals surface area contributed by atoms with Gasteiger partial charge in [0.1, 0.15) is 0 Å². The van der Waals surface area contributed by atoms with E-state index in [4.69, 9.17) is 5.26 Å². The summed E-state index contributed by atoms with van der Waals surface area (Å²) >= 11 is 0. The van der Waals surface area contributed by atoms with Crippen molar-refractivity contribution in [3.63, 3.8) is 0 Å². The summed E-state index contributed by atoms with van der Waals surface area (Å²) in [6.45, 7) is 3.34. The fraction of sp³-hybridized carbons (Fsp3) is 0.556. The molecule has 0 aromatic heterocycles. The fourth-order valence-electron chi connectivity index (χ4n) is 3.34. The molecule has 0 spiro atoms. The van der Waals surface area contributed by atoms with Gasteiger partial charge in [-0.2, -0.15) is 5.26 Å². The predicted octanol–water partition coefficient (Wildman–Crippen LogP) is 2.50. The third-order valence-corrected chi connectivity index (χ3v) is 4.89. The average molecular weight is 297 g/mol. The normalized spacial score (nSPS) is 19.6. The third-order valence-electron chi connectivity index (χ3n) is 4.89. The lowest BCUT2D eigenvalue weighted by Gasteiger charge is -2.32. The van der Waals surface area contributed by atoms with E-state index >= 15 is 0 Å². The molecule has 2 aliphatic rings. The molecule has 1 saturated heterocycles. The number of hydrogen-bond acceptors (Lipinski definition) is 3. The second-order valence-corrected chi connectivity index (χ2v) is 6.52. The van der Waals surface area contributed by atoms with Crippen LogP contribution in [0.2, 0.25) is 0 Å². The number of amides is 1. The average Bonchev–Trinajstić information content (AvgIpc) is 3.27. The molecule has 0 bridgehead atoms. The number of carbonyl (C=O) groups is 1. The summed E-state index contributed by atoms with van der Waals surface area (Å²) in [5.41, 5.74) is 1.27. The molecule has 4 nitrogen and oxygen atoms in total. The molecule has 3 rings (SSSR count). The molecule has 1 aliphatic carbocycles. The van der Waals surface area contributed by atoms with Crippen molar-refractivity contribution in [1.82, 2.24) is 9.80 Å². The van der Waals surface area contributed by atoms with Crippen LogP contribution in [-0.2, 0) is 0 Å². The molecule has 116 valence electrons. The summed E-state index contributed by atoms with van der Waals surface area (Å²) in [6, 6.07) is 9.36. The molecule has 2 fully saturated rings. The van der Waals surface area contributed by atoms with Gasteiger partial charge in [0.2, 0.25) is 0 Å². The number of benzene rings is 1. The highest BCUT2D eigenvalue weighted by Crippen LogP contribution is 2.36. The molecule has 1 atom stereocenters. The first-order valence-electron chi connectivity index (χ1n) is 8.18. The second kappa shape index (κ2) is 6.50. The van der Waals surface area contributed by atoms with Crippen LogP contribution in [0.5, 0.6) is 0 Å². The quantitative estimate of drug-likeness (QED) is 0.839. The topological polar surface area (TPSA) is 47.3 Å². The van der Waals surface area contributed by atoms with Gasteiger partial charge >= 0.3 is 0 Å².